The molecule has 0 unspecified atom stereocenters. The van der Waals surface area contributed by atoms with E-state index in [1.54, 1.807) is 24.3 Å². The molecule has 0 aliphatic heterocycles. The number of nitrogens with one attached hydrogen (secondary N) is 1. The summed E-state index contributed by atoms with van der Waals surface area (Å²) < 4.78 is 28.4. The van der Waals surface area contributed by atoms with E-state index >= 15 is 0 Å². The van der Waals surface area contributed by atoms with Gasteiger partial charge in [0.05, 0.1) is 0 Å². The molecule has 0 spiro atoms. The van der Waals surface area contributed by atoms with Gasteiger partial charge in [-0.15, -0.1) is 11.3 Å². The zero-order valence-electron chi connectivity index (χ0n) is 10.9. The van der Waals surface area contributed by atoms with Crippen molar-refractivity contribution in [3.63, 3.8) is 0 Å². The van der Waals surface area contributed by atoms with E-state index < -0.39 is 10.0 Å². The molecule has 0 aliphatic rings. The predicted octanol–water partition coefficient (Wildman–Crippen LogP) is 3.12. The summed E-state index contributed by atoms with van der Waals surface area (Å²) in [6.07, 6.45) is 0.692. The predicted molar refractivity (Wildman–Crippen MR) is 86.8 cm³/mol. The van der Waals surface area contributed by atoms with E-state index in [4.69, 9.17) is 5.73 Å². The zero-order chi connectivity index (χ0) is 14.8. The van der Waals surface area contributed by atoms with Gasteiger partial charge in [0.25, 0.3) is 10.0 Å². The number of sulfonamides is 1. The van der Waals surface area contributed by atoms with Crippen LogP contribution in [0.25, 0.3) is 0 Å². The first-order valence-electron chi connectivity index (χ1n) is 6.00. The summed E-state index contributed by atoms with van der Waals surface area (Å²) >= 11 is 4.64. The third-order valence-electron chi connectivity index (χ3n) is 2.70. The molecule has 2 aromatic rings. The van der Waals surface area contributed by atoms with Crippen molar-refractivity contribution < 1.29 is 8.42 Å². The molecule has 4 nitrogen and oxygen atoms in total. The Morgan fingerprint density at radius 1 is 1.30 bits per heavy atom. The molecule has 0 radical (unpaired) electrons. The van der Waals surface area contributed by atoms with Crippen LogP contribution in [0, 0.1) is 6.92 Å². The normalized spacial score (nSPS) is 11.6. The largest absolute Gasteiger partial charge is 0.330 e. The molecule has 20 heavy (non-hydrogen) atoms. The van der Waals surface area contributed by atoms with Crippen molar-refractivity contribution in [2.24, 2.45) is 5.73 Å². The lowest BCUT2D eigenvalue weighted by atomic mass is 10.2. The van der Waals surface area contributed by atoms with Gasteiger partial charge < -0.3 is 5.73 Å². The Labute approximate surface area is 131 Å². The molecule has 0 saturated heterocycles. The molecule has 1 heterocycles. The second kappa shape index (κ2) is 6.26. The fraction of sp³-hybridized carbons (Fsp3) is 0.231. The maximum Gasteiger partial charge on any atom is 0.271 e. The van der Waals surface area contributed by atoms with Gasteiger partial charge in [-0.1, -0.05) is 15.9 Å². The van der Waals surface area contributed by atoms with Crippen molar-refractivity contribution in [2.45, 2.75) is 17.6 Å². The maximum atomic E-state index is 12.3. The highest BCUT2D eigenvalue weighted by atomic mass is 79.9. The Hall–Kier alpha value is -0.890. The van der Waals surface area contributed by atoms with E-state index in [2.05, 4.69) is 20.7 Å². The van der Waals surface area contributed by atoms with Crippen LogP contribution in [0.15, 0.2) is 39.0 Å². The fourth-order valence-corrected chi connectivity index (χ4v) is 4.36. The van der Waals surface area contributed by atoms with Gasteiger partial charge in [-0.3, -0.25) is 4.72 Å². The van der Waals surface area contributed by atoms with Crippen LogP contribution in [0.2, 0.25) is 0 Å². The summed E-state index contributed by atoms with van der Waals surface area (Å²) in [6, 6.07) is 8.75. The fourth-order valence-electron chi connectivity index (χ4n) is 1.69. The van der Waals surface area contributed by atoms with Crippen molar-refractivity contribution in [3.8, 4) is 0 Å². The number of anilines is 1. The van der Waals surface area contributed by atoms with E-state index in [9.17, 15) is 8.42 Å². The van der Waals surface area contributed by atoms with E-state index in [0.29, 0.717) is 22.9 Å². The van der Waals surface area contributed by atoms with Gasteiger partial charge >= 0.3 is 0 Å². The van der Waals surface area contributed by atoms with Crippen LogP contribution in [-0.4, -0.2) is 15.0 Å². The number of hydrogen-bond donors (Lipinski definition) is 2. The lowest BCUT2D eigenvalue weighted by Gasteiger charge is -2.07. The molecule has 7 heteroatoms. The lowest BCUT2D eigenvalue weighted by molar-refractivity contribution is 0.603. The Morgan fingerprint density at radius 3 is 2.70 bits per heavy atom. The summed E-state index contributed by atoms with van der Waals surface area (Å²) in [6.45, 7) is 2.42. The van der Waals surface area contributed by atoms with Crippen molar-refractivity contribution in [3.05, 3.63) is 45.2 Å². The smallest absolute Gasteiger partial charge is 0.271 e. The molecular weight excluding hydrogens is 360 g/mol. The van der Waals surface area contributed by atoms with E-state index in [0.717, 1.165) is 14.9 Å². The van der Waals surface area contributed by atoms with Crippen LogP contribution in [0.5, 0.6) is 0 Å². The SMILES string of the molecule is Cc1cc(NS(=O)(=O)c2ccc(CCN)s2)ccc1Br. The molecule has 0 atom stereocenters. The molecule has 0 aliphatic carbocycles. The second-order valence-corrected chi connectivity index (χ2v) is 8.26. The van der Waals surface area contributed by atoms with Crippen LogP contribution < -0.4 is 10.5 Å². The highest BCUT2D eigenvalue weighted by Gasteiger charge is 2.17. The van der Waals surface area contributed by atoms with Crippen molar-refractivity contribution >= 4 is 43.0 Å². The van der Waals surface area contributed by atoms with Gasteiger partial charge in [-0.05, 0) is 55.8 Å². The minimum Gasteiger partial charge on any atom is -0.330 e. The number of halogens is 1. The Bertz CT molecular complexity index is 711. The average molecular weight is 375 g/mol. The van der Waals surface area contributed by atoms with Crippen molar-refractivity contribution in [1.29, 1.82) is 0 Å². The summed E-state index contributed by atoms with van der Waals surface area (Å²) in [5, 5.41) is 0. The molecule has 0 bridgehead atoms. The first-order valence-corrected chi connectivity index (χ1v) is 9.09. The van der Waals surface area contributed by atoms with Gasteiger partial charge in [-0.2, -0.15) is 0 Å². The summed E-state index contributed by atoms with van der Waals surface area (Å²) in [5.74, 6) is 0. The zero-order valence-corrected chi connectivity index (χ0v) is 14.1. The molecule has 1 aromatic heterocycles. The molecule has 1 aromatic carbocycles. The molecule has 3 N–H and O–H groups in total. The molecule has 0 saturated carbocycles. The van der Waals surface area contributed by atoms with Crippen LogP contribution in [-0.2, 0) is 16.4 Å². The Morgan fingerprint density at radius 2 is 2.05 bits per heavy atom. The minimum atomic E-state index is -3.53. The van der Waals surface area contributed by atoms with Gasteiger partial charge in [0, 0.05) is 15.0 Å². The summed E-state index contributed by atoms with van der Waals surface area (Å²) in [5.41, 5.74) is 7.00. The highest BCUT2D eigenvalue weighted by Crippen LogP contribution is 2.26. The van der Waals surface area contributed by atoms with Gasteiger partial charge in [-0.25, -0.2) is 8.42 Å². The van der Waals surface area contributed by atoms with Crippen LogP contribution >= 0.6 is 27.3 Å². The van der Waals surface area contributed by atoms with Gasteiger partial charge in [0.15, 0.2) is 0 Å². The third-order valence-corrected chi connectivity index (χ3v) is 6.61. The van der Waals surface area contributed by atoms with Gasteiger partial charge in [0.2, 0.25) is 0 Å². The van der Waals surface area contributed by atoms with Crippen LogP contribution in [0.1, 0.15) is 10.4 Å². The standard InChI is InChI=1S/C13H15BrN2O2S2/c1-9-8-10(2-4-12(9)14)16-20(17,18)13-5-3-11(19-13)6-7-15/h2-5,8,16H,6-7,15H2,1H3. The highest BCUT2D eigenvalue weighted by molar-refractivity contribution is 9.10. The molecule has 108 valence electrons. The number of rotatable bonds is 5. The molecule has 2 rings (SSSR count). The molecule has 0 amide bonds. The van der Waals surface area contributed by atoms with Crippen molar-refractivity contribution in [1.82, 2.24) is 0 Å². The summed E-state index contributed by atoms with van der Waals surface area (Å²) in [4.78, 5) is 0.972. The average Bonchev–Trinajstić information content (AvgIpc) is 2.83. The van der Waals surface area contributed by atoms with Crippen molar-refractivity contribution in [2.75, 3.05) is 11.3 Å². The van der Waals surface area contributed by atoms with E-state index in [1.807, 2.05) is 13.0 Å². The Kier molecular flexibility index (Phi) is 4.85. The number of hydrogen-bond acceptors (Lipinski definition) is 4. The first kappa shape index (κ1) is 15.5. The quantitative estimate of drug-likeness (QED) is 0.844. The number of aryl methyl sites for hydroxylation is 1. The van der Waals surface area contributed by atoms with Crippen LogP contribution in [0.4, 0.5) is 5.69 Å². The second-order valence-electron chi connectivity index (χ2n) is 4.33. The topological polar surface area (TPSA) is 72.2 Å². The summed E-state index contributed by atoms with van der Waals surface area (Å²) in [7, 11) is -3.53. The van der Waals surface area contributed by atoms with Gasteiger partial charge in [0.1, 0.15) is 4.21 Å². The van der Waals surface area contributed by atoms with E-state index in [1.165, 1.54) is 11.3 Å². The van der Waals surface area contributed by atoms with E-state index in [-0.39, 0.29) is 0 Å². The third kappa shape index (κ3) is 3.60. The number of benzene rings is 1. The maximum absolute atomic E-state index is 12.3. The number of thiophene rings is 1. The lowest BCUT2D eigenvalue weighted by Crippen LogP contribution is -2.11. The van der Waals surface area contributed by atoms with Crippen LogP contribution in [0.3, 0.4) is 0 Å². The molecular formula is C13H15BrN2O2S2. The minimum absolute atomic E-state index is 0.307. The molecule has 0 fully saturated rings. The Balaban J connectivity index is 2.23. The first-order chi connectivity index (χ1) is 9.42. The number of nitrogens with two attached hydrogens (primary N) is 1. The monoisotopic (exact) mass is 374 g/mol.